The van der Waals surface area contributed by atoms with Crippen molar-refractivity contribution >= 4 is 33.3 Å². The molecule has 1 aliphatic rings. The number of phenolic OH excluding ortho intramolecular Hbond substituents is 1. The quantitative estimate of drug-likeness (QED) is 0.615. The van der Waals surface area contributed by atoms with Crippen LogP contribution in [-0.2, 0) is 19.6 Å². The Kier molecular flexibility index (Phi) is 6.06. The minimum atomic E-state index is -3.46. The van der Waals surface area contributed by atoms with Crippen molar-refractivity contribution in [2.75, 3.05) is 11.0 Å². The van der Waals surface area contributed by atoms with Gasteiger partial charge in [0, 0.05) is 24.1 Å². The molecule has 3 rings (SSSR count). The molecule has 3 N–H and O–H groups in total. The number of para-hydroxylation sites is 1. The Hall–Kier alpha value is -3.40. The van der Waals surface area contributed by atoms with Crippen LogP contribution in [0.3, 0.4) is 0 Å². The lowest BCUT2D eigenvalue weighted by molar-refractivity contribution is -0.141. The van der Waals surface area contributed by atoms with E-state index in [9.17, 15) is 23.1 Å². The molecule has 0 unspecified atom stereocenters. The van der Waals surface area contributed by atoms with Crippen molar-refractivity contribution in [1.29, 1.82) is 0 Å². The molecule has 0 aliphatic carbocycles. The molecular formula is C20H21N3O6S. The predicted molar refractivity (Wildman–Crippen MR) is 111 cm³/mol. The molecule has 158 valence electrons. The molecule has 0 radical (unpaired) electrons. The van der Waals surface area contributed by atoms with Crippen LogP contribution in [0, 0.1) is 0 Å². The summed E-state index contributed by atoms with van der Waals surface area (Å²) in [6.45, 7) is 0. The number of carboxylic acid groups (broad SMARTS) is 1. The number of amides is 1. The van der Waals surface area contributed by atoms with Gasteiger partial charge in [0.2, 0.25) is 15.9 Å². The summed E-state index contributed by atoms with van der Waals surface area (Å²) in [4.78, 5) is 23.5. The smallest absolute Gasteiger partial charge is 0.303 e. The van der Waals surface area contributed by atoms with Crippen molar-refractivity contribution < 1.29 is 28.2 Å². The molecule has 0 fully saturated rings. The summed E-state index contributed by atoms with van der Waals surface area (Å²) in [5, 5.41) is 24.7. The van der Waals surface area contributed by atoms with Gasteiger partial charge < -0.3 is 10.2 Å². The van der Waals surface area contributed by atoms with Crippen molar-refractivity contribution in [2.45, 2.75) is 25.3 Å². The van der Waals surface area contributed by atoms with Gasteiger partial charge in [-0.2, -0.15) is 5.10 Å². The third-order valence-corrected chi connectivity index (χ3v) is 5.12. The normalized spacial score (nSPS) is 16.2. The maximum absolute atomic E-state index is 12.7. The maximum Gasteiger partial charge on any atom is 0.303 e. The molecule has 2 aromatic carbocycles. The molecule has 0 bridgehead atoms. The number of nitrogens with one attached hydrogen (secondary N) is 1. The van der Waals surface area contributed by atoms with E-state index in [0.29, 0.717) is 22.5 Å². The number of aliphatic carboxylic acids is 1. The Morgan fingerprint density at radius 1 is 1.17 bits per heavy atom. The highest BCUT2D eigenvalue weighted by molar-refractivity contribution is 7.92. The van der Waals surface area contributed by atoms with Gasteiger partial charge in [0.05, 0.1) is 24.4 Å². The van der Waals surface area contributed by atoms with Crippen LogP contribution in [0.25, 0.3) is 0 Å². The van der Waals surface area contributed by atoms with Crippen molar-refractivity contribution in [3.05, 3.63) is 59.7 Å². The molecule has 0 saturated carbocycles. The summed E-state index contributed by atoms with van der Waals surface area (Å²) in [5.41, 5.74) is 1.97. The topological polar surface area (TPSA) is 136 Å². The Balaban J connectivity index is 1.95. The second-order valence-electron chi connectivity index (χ2n) is 6.91. The summed E-state index contributed by atoms with van der Waals surface area (Å²) in [6, 6.07) is 12.6. The molecule has 0 aromatic heterocycles. The Morgan fingerprint density at radius 2 is 1.90 bits per heavy atom. The summed E-state index contributed by atoms with van der Waals surface area (Å²) in [7, 11) is -3.46. The number of rotatable bonds is 7. The number of hydrogen-bond acceptors (Lipinski definition) is 6. The number of hydrogen-bond donors (Lipinski definition) is 3. The second kappa shape index (κ2) is 8.54. The number of hydrazone groups is 1. The number of carbonyl (C=O) groups is 2. The van der Waals surface area contributed by atoms with Crippen LogP contribution >= 0.6 is 0 Å². The molecule has 2 aromatic rings. The molecule has 9 nitrogen and oxygen atoms in total. The zero-order valence-corrected chi connectivity index (χ0v) is 17.0. The van der Waals surface area contributed by atoms with E-state index in [-0.39, 0.29) is 25.0 Å². The van der Waals surface area contributed by atoms with Gasteiger partial charge in [-0.25, -0.2) is 13.4 Å². The van der Waals surface area contributed by atoms with Crippen molar-refractivity contribution in [3.63, 3.8) is 0 Å². The highest BCUT2D eigenvalue weighted by Gasteiger charge is 2.34. The molecule has 0 spiro atoms. The summed E-state index contributed by atoms with van der Waals surface area (Å²) in [6.07, 6.45) is 0.760. The van der Waals surface area contributed by atoms with Crippen LogP contribution in [0.1, 0.15) is 36.4 Å². The number of carbonyl (C=O) groups excluding carboxylic acids is 1. The van der Waals surface area contributed by atoms with Crippen LogP contribution in [0.5, 0.6) is 5.75 Å². The number of aromatic hydroxyl groups is 1. The van der Waals surface area contributed by atoms with Crippen LogP contribution in [0.15, 0.2) is 53.6 Å². The minimum Gasteiger partial charge on any atom is -0.508 e. The standard InChI is InChI=1S/C20H21N3O6S/c1-30(28,29)22-14-6-4-5-13(11-14)16-12-17(15-7-2-3-8-18(15)24)23(21-16)19(25)9-10-20(26)27/h2-8,11,17,22,24H,9-10,12H2,1H3,(H,26,27)/t17-/m0/s1. The first-order valence-electron chi connectivity index (χ1n) is 9.11. The van der Waals surface area contributed by atoms with Crippen LogP contribution in [-0.4, -0.2) is 47.5 Å². The Bertz CT molecular complexity index is 1110. The molecule has 0 saturated heterocycles. The molecule has 1 heterocycles. The third kappa shape index (κ3) is 5.15. The average molecular weight is 431 g/mol. The summed E-state index contributed by atoms with van der Waals surface area (Å²) < 4.78 is 25.4. The monoisotopic (exact) mass is 431 g/mol. The van der Waals surface area contributed by atoms with E-state index in [4.69, 9.17) is 5.11 Å². The van der Waals surface area contributed by atoms with Gasteiger partial charge in [0.1, 0.15) is 5.75 Å². The SMILES string of the molecule is CS(=O)(=O)Nc1cccc(C2=NN(C(=O)CCC(=O)O)[C@H](c3ccccc3O)C2)c1. The Morgan fingerprint density at radius 3 is 2.57 bits per heavy atom. The molecule has 10 heteroatoms. The van der Waals surface area contributed by atoms with Crippen LogP contribution in [0.2, 0.25) is 0 Å². The fraction of sp³-hybridized carbons (Fsp3) is 0.250. The highest BCUT2D eigenvalue weighted by Crippen LogP contribution is 2.37. The van der Waals surface area contributed by atoms with Crippen LogP contribution in [0.4, 0.5) is 5.69 Å². The second-order valence-corrected chi connectivity index (χ2v) is 8.66. The van der Waals surface area contributed by atoms with E-state index in [1.807, 2.05) is 0 Å². The number of benzene rings is 2. The fourth-order valence-corrected chi connectivity index (χ4v) is 3.79. The molecule has 30 heavy (non-hydrogen) atoms. The number of nitrogens with zero attached hydrogens (tertiary/aromatic N) is 2. The van der Waals surface area contributed by atoms with Crippen molar-refractivity contribution in [2.24, 2.45) is 5.10 Å². The number of sulfonamides is 1. The summed E-state index contributed by atoms with van der Waals surface area (Å²) >= 11 is 0. The Labute approximate surface area is 173 Å². The summed E-state index contributed by atoms with van der Waals surface area (Å²) in [5.74, 6) is -1.57. The van der Waals surface area contributed by atoms with Gasteiger partial charge in [-0.05, 0) is 23.8 Å². The zero-order chi connectivity index (χ0) is 21.9. The fourth-order valence-electron chi connectivity index (χ4n) is 3.23. The lowest BCUT2D eigenvalue weighted by Crippen LogP contribution is -2.27. The highest BCUT2D eigenvalue weighted by atomic mass is 32.2. The number of phenols is 1. The van der Waals surface area contributed by atoms with E-state index < -0.39 is 27.9 Å². The first-order chi connectivity index (χ1) is 14.1. The van der Waals surface area contributed by atoms with E-state index in [1.54, 1.807) is 42.5 Å². The predicted octanol–water partition coefficient (Wildman–Crippen LogP) is 2.31. The van der Waals surface area contributed by atoms with Gasteiger partial charge >= 0.3 is 5.97 Å². The van der Waals surface area contributed by atoms with Crippen LogP contribution < -0.4 is 4.72 Å². The molecule has 1 amide bonds. The lowest BCUT2D eigenvalue weighted by atomic mass is 9.97. The van der Waals surface area contributed by atoms with Crippen molar-refractivity contribution in [1.82, 2.24) is 5.01 Å². The van der Waals surface area contributed by atoms with E-state index in [2.05, 4.69) is 9.82 Å². The zero-order valence-electron chi connectivity index (χ0n) is 16.1. The molecule has 1 atom stereocenters. The average Bonchev–Trinajstić information content (AvgIpc) is 3.10. The first kappa shape index (κ1) is 21.3. The van der Waals surface area contributed by atoms with E-state index >= 15 is 0 Å². The first-order valence-corrected chi connectivity index (χ1v) is 11.0. The third-order valence-electron chi connectivity index (χ3n) is 4.51. The maximum atomic E-state index is 12.7. The van der Waals surface area contributed by atoms with E-state index in [1.165, 1.54) is 11.1 Å². The number of carboxylic acids is 1. The molecular weight excluding hydrogens is 410 g/mol. The minimum absolute atomic E-state index is 0.00229. The lowest BCUT2D eigenvalue weighted by Gasteiger charge is -2.22. The number of anilines is 1. The van der Waals surface area contributed by atoms with Gasteiger partial charge in [-0.1, -0.05) is 30.3 Å². The van der Waals surface area contributed by atoms with Gasteiger partial charge in [0.15, 0.2) is 0 Å². The molecule has 1 aliphatic heterocycles. The van der Waals surface area contributed by atoms with Crippen molar-refractivity contribution in [3.8, 4) is 5.75 Å². The largest absolute Gasteiger partial charge is 0.508 e. The van der Waals surface area contributed by atoms with E-state index in [0.717, 1.165) is 6.26 Å². The van der Waals surface area contributed by atoms with Gasteiger partial charge in [-0.15, -0.1) is 0 Å². The van der Waals surface area contributed by atoms with Gasteiger partial charge in [0.25, 0.3) is 0 Å². The van der Waals surface area contributed by atoms with Gasteiger partial charge in [-0.3, -0.25) is 14.3 Å².